The molecule has 104 valence electrons. The molecular formula is C14H22N4S. The predicted molar refractivity (Wildman–Crippen MR) is 80.4 cm³/mol. The lowest BCUT2D eigenvalue weighted by Gasteiger charge is -2.09. The van der Waals surface area contributed by atoms with Crippen LogP contribution in [0.4, 0.5) is 0 Å². The molecule has 0 saturated carbocycles. The molecule has 0 saturated heterocycles. The highest BCUT2D eigenvalue weighted by Crippen LogP contribution is 2.30. The number of aryl methyl sites for hydroxylation is 1. The van der Waals surface area contributed by atoms with Gasteiger partial charge in [-0.05, 0) is 5.92 Å². The Balaban J connectivity index is 2.32. The van der Waals surface area contributed by atoms with E-state index in [9.17, 15) is 0 Å². The molecule has 0 aliphatic carbocycles. The van der Waals surface area contributed by atoms with E-state index in [0.29, 0.717) is 12.0 Å². The van der Waals surface area contributed by atoms with Crippen LogP contribution in [0.3, 0.4) is 0 Å². The number of hydrogen-bond donors (Lipinski definition) is 1. The Morgan fingerprint density at radius 3 is 2.58 bits per heavy atom. The summed E-state index contributed by atoms with van der Waals surface area (Å²) >= 11 is 1.74. The van der Waals surface area contributed by atoms with Gasteiger partial charge in [-0.25, -0.2) is 9.97 Å². The third kappa shape index (κ3) is 3.22. The van der Waals surface area contributed by atoms with Crippen molar-refractivity contribution in [3.05, 3.63) is 23.0 Å². The van der Waals surface area contributed by atoms with E-state index in [0.717, 1.165) is 17.4 Å². The van der Waals surface area contributed by atoms with Crippen molar-refractivity contribution in [1.29, 1.82) is 0 Å². The molecule has 0 spiro atoms. The summed E-state index contributed by atoms with van der Waals surface area (Å²) in [6.45, 7) is 9.59. The highest BCUT2D eigenvalue weighted by Gasteiger charge is 2.17. The molecule has 0 unspecified atom stereocenters. The van der Waals surface area contributed by atoms with Gasteiger partial charge in [0.1, 0.15) is 0 Å². The van der Waals surface area contributed by atoms with Crippen molar-refractivity contribution in [3.63, 3.8) is 0 Å². The molecule has 0 bridgehead atoms. The first kappa shape index (κ1) is 14.2. The third-order valence-electron chi connectivity index (χ3n) is 2.96. The first-order valence-corrected chi connectivity index (χ1v) is 7.51. The van der Waals surface area contributed by atoms with Crippen molar-refractivity contribution in [1.82, 2.24) is 19.9 Å². The molecule has 0 aromatic carbocycles. The topological polar surface area (TPSA) is 42.7 Å². The zero-order valence-corrected chi connectivity index (χ0v) is 13.1. The Hall–Kier alpha value is -1.20. The second-order valence-corrected chi connectivity index (χ2v) is 6.46. The van der Waals surface area contributed by atoms with E-state index in [4.69, 9.17) is 4.98 Å². The fourth-order valence-corrected chi connectivity index (χ4v) is 3.11. The highest BCUT2D eigenvalue weighted by molar-refractivity contribution is 7.15. The van der Waals surface area contributed by atoms with Crippen molar-refractivity contribution in [2.75, 3.05) is 0 Å². The van der Waals surface area contributed by atoms with Gasteiger partial charge in [-0.2, -0.15) is 0 Å². The van der Waals surface area contributed by atoms with Gasteiger partial charge < -0.3 is 9.88 Å². The number of aromatic nitrogens is 3. The van der Waals surface area contributed by atoms with Crippen molar-refractivity contribution in [2.24, 2.45) is 7.05 Å². The van der Waals surface area contributed by atoms with Gasteiger partial charge in [0, 0.05) is 36.9 Å². The molecule has 0 aliphatic rings. The second kappa shape index (κ2) is 5.84. The number of hydrogen-bond acceptors (Lipinski definition) is 4. The van der Waals surface area contributed by atoms with Crippen LogP contribution in [0.1, 0.15) is 44.2 Å². The zero-order valence-electron chi connectivity index (χ0n) is 12.3. The van der Waals surface area contributed by atoms with E-state index >= 15 is 0 Å². The van der Waals surface area contributed by atoms with E-state index in [1.54, 1.807) is 11.3 Å². The lowest BCUT2D eigenvalue weighted by molar-refractivity contribution is 0.588. The summed E-state index contributed by atoms with van der Waals surface area (Å²) in [5, 5.41) is 4.48. The van der Waals surface area contributed by atoms with Crippen LogP contribution in [-0.2, 0) is 13.6 Å². The van der Waals surface area contributed by atoms with Crippen molar-refractivity contribution in [2.45, 2.75) is 46.2 Å². The second-order valence-electron chi connectivity index (χ2n) is 5.38. The summed E-state index contributed by atoms with van der Waals surface area (Å²) in [6, 6.07) is 0.485. The van der Waals surface area contributed by atoms with Crippen molar-refractivity contribution >= 4 is 11.3 Å². The van der Waals surface area contributed by atoms with Crippen molar-refractivity contribution < 1.29 is 0 Å². The van der Waals surface area contributed by atoms with E-state index in [2.05, 4.69) is 38.0 Å². The van der Waals surface area contributed by atoms with Crippen LogP contribution in [0.25, 0.3) is 10.8 Å². The predicted octanol–water partition coefficient (Wildman–Crippen LogP) is 3.17. The summed E-state index contributed by atoms with van der Waals surface area (Å²) in [6.07, 6.45) is 3.77. The molecule has 2 aromatic rings. The summed E-state index contributed by atoms with van der Waals surface area (Å²) in [5.74, 6) is 1.39. The van der Waals surface area contributed by atoms with Gasteiger partial charge in [0.15, 0.2) is 10.8 Å². The molecule has 1 N–H and O–H groups in total. The van der Waals surface area contributed by atoms with Crippen LogP contribution < -0.4 is 5.32 Å². The number of nitrogens with one attached hydrogen (secondary N) is 1. The van der Waals surface area contributed by atoms with Gasteiger partial charge >= 0.3 is 0 Å². The van der Waals surface area contributed by atoms with Gasteiger partial charge in [-0.15, -0.1) is 11.3 Å². The highest BCUT2D eigenvalue weighted by atomic mass is 32.1. The molecule has 0 atom stereocenters. The van der Waals surface area contributed by atoms with Crippen LogP contribution in [-0.4, -0.2) is 20.6 Å². The Bertz CT molecular complexity index is 539. The third-order valence-corrected chi connectivity index (χ3v) is 4.02. The van der Waals surface area contributed by atoms with Crippen molar-refractivity contribution in [3.8, 4) is 10.8 Å². The quantitative estimate of drug-likeness (QED) is 0.913. The number of imidazole rings is 1. The minimum Gasteiger partial charge on any atom is -0.332 e. The molecule has 0 radical (unpaired) electrons. The van der Waals surface area contributed by atoms with E-state index in [1.165, 1.54) is 10.6 Å². The first-order valence-electron chi connectivity index (χ1n) is 6.69. The molecule has 0 fully saturated rings. The van der Waals surface area contributed by atoms with E-state index in [1.807, 2.05) is 24.0 Å². The number of nitrogens with zero attached hydrogens (tertiary/aromatic N) is 3. The SMILES string of the molecule is CC(C)NCc1sc(-c2nccn2C)nc1C(C)C. The molecule has 0 aliphatic heterocycles. The molecule has 2 rings (SSSR count). The summed E-state index contributed by atoms with van der Waals surface area (Å²) in [5.41, 5.74) is 1.19. The number of thiazole rings is 1. The van der Waals surface area contributed by atoms with Gasteiger partial charge in [0.2, 0.25) is 0 Å². The van der Waals surface area contributed by atoms with Gasteiger partial charge in [-0.1, -0.05) is 27.7 Å². The molecular weight excluding hydrogens is 256 g/mol. The maximum absolute atomic E-state index is 4.79. The number of rotatable bonds is 5. The van der Waals surface area contributed by atoms with Crippen LogP contribution in [0.15, 0.2) is 12.4 Å². The average molecular weight is 278 g/mol. The Labute approximate surface area is 118 Å². The first-order chi connectivity index (χ1) is 8.99. The zero-order chi connectivity index (χ0) is 14.0. The minimum absolute atomic E-state index is 0.439. The van der Waals surface area contributed by atoms with E-state index in [-0.39, 0.29) is 0 Å². The van der Waals surface area contributed by atoms with Crippen LogP contribution >= 0.6 is 11.3 Å². The summed E-state index contributed by atoms with van der Waals surface area (Å²) in [7, 11) is 2.00. The maximum atomic E-state index is 4.79. The normalized spacial score (nSPS) is 11.7. The standard InChI is InChI=1S/C14H22N4S/c1-9(2)12-11(8-16-10(3)4)19-14(17-12)13-15-6-7-18(13)5/h6-7,9-10,16H,8H2,1-5H3. The Kier molecular flexibility index (Phi) is 4.37. The molecule has 2 aromatic heterocycles. The Morgan fingerprint density at radius 2 is 2.05 bits per heavy atom. The summed E-state index contributed by atoms with van der Waals surface area (Å²) in [4.78, 5) is 10.5. The lowest BCUT2D eigenvalue weighted by atomic mass is 10.1. The van der Waals surface area contributed by atoms with Crippen LogP contribution in [0.2, 0.25) is 0 Å². The Morgan fingerprint density at radius 1 is 1.32 bits per heavy atom. The fraction of sp³-hybridized carbons (Fsp3) is 0.571. The molecule has 5 heteroatoms. The van der Waals surface area contributed by atoms with Gasteiger partial charge in [-0.3, -0.25) is 0 Å². The smallest absolute Gasteiger partial charge is 0.168 e. The van der Waals surface area contributed by atoms with Gasteiger partial charge in [0.05, 0.1) is 5.69 Å². The lowest BCUT2D eigenvalue weighted by Crippen LogP contribution is -2.22. The molecule has 19 heavy (non-hydrogen) atoms. The van der Waals surface area contributed by atoms with Crippen LogP contribution in [0, 0.1) is 0 Å². The maximum Gasteiger partial charge on any atom is 0.168 e. The molecule has 2 heterocycles. The molecule has 4 nitrogen and oxygen atoms in total. The van der Waals surface area contributed by atoms with Crippen LogP contribution in [0.5, 0.6) is 0 Å². The fourth-order valence-electron chi connectivity index (χ4n) is 1.91. The minimum atomic E-state index is 0.439. The largest absolute Gasteiger partial charge is 0.332 e. The summed E-state index contributed by atoms with van der Waals surface area (Å²) < 4.78 is 2.02. The molecule has 0 amide bonds. The monoisotopic (exact) mass is 278 g/mol. The van der Waals surface area contributed by atoms with E-state index < -0.39 is 0 Å². The van der Waals surface area contributed by atoms with Gasteiger partial charge in [0.25, 0.3) is 0 Å². The average Bonchev–Trinajstić information content (AvgIpc) is 2.91.